The summed E-state index contributed by atoms with van der Waals surface area (Å²) < 4.78 is 32.1. The highest BCUT2D eigenvalue weighted by atomic mass is 32.2. The van der Waals surface area contributed by atoms with Gasteiger partial charge in [-0.2, -0.15) is 4.31 Å². The Morgan fingerprint density at radius 2 is 1.97 bits per heavy atom. The second-order valence-corrected chi connectivity index (χ2v) is 10.1. The molecule has 4 rings (SSSR count). The molecule has 0 radical (unpaired) electrons. The summed E-state index contributed by atoms with van der Waals surface area (Å²) in [6.07, 6.45) is 2.43. The van der Waals surface area contributed by atoms with Crippen LogP contribution in [0, 0.1) is 6.92 Å². The zero-order valence-electron chi connectivity index (χ0n) is 18.2. The Labute approximate surface area is 183 Å². The number of carbonyl (C=O) groups excluding carboxylic acids is 1. The molecule has 166 valence electrons. The molecule has 1 atom stereocenters. The van der Waals surface area contributed by atoms with E-state index in [1.807, 2.05) is 31.2 Å². The van der Waals surface area contributed by atoms with Crippen LogP contribution in [0.15, 0.2) is 24.3 Å². The predicted octanol–water partition coefficient (Wildman–Crippen LogP) is 2.76. The van der Waals surface area contributed by atoms with Crippen molar-refractivity contribution in [2.24, 2.45) is 0 Å². The molecule has 0 bridgehead atoms. The molecule has 0 saturated carbocycles. The molecule has 1 aromatic heterocycles. The van der Waals surface area contributed by atoms with Gasteiger partial charge in [0.15, 0.2) is 0 Å². The number of hydrogen-bond donors (Lipinski definition) is 0. The van der Waals surface area contributed by atoms with E-state index in [4.69, 9.17) is 9.72 Å². The summed E-state index contributed by atoms with van der Waals surface area (Å²) in [7, 11) is -1.75. The average Bonchev–Trinajstić information content (AvgIpc) is 3.27. The molecule has 8 nitrogen and oxygen atoms in total. The summed E-state index contributed by atoms with van der Waals surface area (Å²) >= 11 is 0. The fourth-order valence-electron chi connectivity index (χ4n) is 4.42. The second kappa shape index (κ2) is 8.55. The first-order valence-electron chi connectivity index (χ1n) is 10.6. The minimum atomic E-state index is -3.35. The Balaban J connectivity index is 1.75. The summed E-state index contributed by atoms with van der Waals surface area (Å²) in [5.74, 6) is 1.82. The Morgan fingerprint density at radius 1 is 1.19 bits per heavy atom. The number of para-hydroxylation sites is 1. The number of sulfonamides is 1. The van der Waals surface area contributed by atoms with Gasteiger partial charge in [-0.05, 0) is 39.2 Å². The van der Waals surface area contributed by atoms with Gasteiger partial charge >= 0.3 is 0 Å². The minimum absolute atomic E-state index is 0.00749. The molecule has 1 amide bonds. The monoisotopic (exact) mass is 444 g/mol. The van der Waals surface area contributed by atoms with E-state index in [0.717, 1.165) is 23.2 Å². The number of carbonyl (C=O) groups is 1. The number of amides is 1. The standard InChI is InChI=1S/C22H28N4O4S/c1-4-31(28,29)26-13-7-9-18(26)21-23-15(2)17-11-12-20(27)25(22(17)24-21)14-16-8-5-6-10-19(16)30-3/h5-6,8,10,18H,4,7,9,11-14H2,1-3H3. The zero-order valence-corrected chi connectivity index (χ0v) is 19.0. The van der Waals surface area contributed by atoms with Gasteiger partial charge in [-0.15, -0.1) is 0 Å². The first-order chi connectivity index (χ1) is 14.9. The average molecular weight is 445 g/mol. The third-order valence-corrected chi connectivity index (χ3v) is 7.98. The molecular weight excluding hydrogens is 416 g/mol. The fraction of sp³-hybridized carbons (Fsp3) is 0.500. The molecule has 1 fully saturated rings. The maximum absolute atomic E-state index is 12.9. The number of nitrogens with zero attached hydrogens (tertiary/aromatic N) is 4. The maximum atomic E-state index is 12.9. The van der Waals surface area contributed by atoms with Crippen LogP contribution >= 0.6 is 0 Å². The van der Waals surface area contributed by atoms with Crippen molar-refractivity contribution in [2.75, 3.05) is 24.3 Å². The van der Waals surface area contributed by atoms with Crippen molar-refractivity contribution in [3.05, 3.63) is 46.9 Å². The number of hydrogen-bond acceptors (Lipinski definition) is 6. The number of rotatable bonds is 6. The van der Waals surface area contributed by atoms with E-state index < -0.39 is 10.0 Å². The van der Waals surface area contributed by atoms with Crippen LogP contribution in [0.1, 0.15) is 54.9 Å². The Bertz CT molecular complexity index is 1100. The third kappa shape index (κ3) is 4.04. The molecule has 3 heterocycles. The summed E-state index contributed by atoms with van der Waals surface area (Å²) in [6, 6.07) is 7.21. The van der Waals surface area contributed by atoms with Gasteiger partial charge < -0.3 is 4.74 Å². The van der Waals surface area contributed by atoms with Crippen molar-refractivity contribution in [3.8, 4) is 5.75 Å². The van der Waals surface area contributed by atoms with Gasteiger partial charge in [0.1, 0.15) is 17.4 Å². The van der Waals surface area contributed by atoms with E-state index in [2.05, 4.69) is 4.98 Å². The molecule has 2 aliphatic heterocycles. The molecule has 31 heavy (non-hydrogen) atoms. The smallest absolute Gasteiger partial charge is 0.228 e. The Morgan fingerprint density at radius 3 is 2.71 bits per heavy atom. The molecular formula is C22H28N4O4S. The van der Waals surface area contributed by atoms with E-state index in [9.17, 15) is 13.2 Å². The number of aryl methyl sites for hydroxylation is 1. The van der Waals surface area contributed by atoms with Crippen molar-refractivity contribution in [2.45, 2.75) is 52.1 Å². The zero-order chi connectivity index (χ0) is 22.2. The number of benzene rings is 1. The van der Waals surface area contributed by atoms with E-state index in [0.29, 0.717) is 49.7 Å². The molecule has 0 spiro atoms. The molecule has 9 heteroatoms. The van der Waals surface area contributed by atoms with Gasteiger partial charge in [0.25, 0.3) is 0 Å². The van der Waals surface area contributed by atoms with E-state index in [1.165, 1.54) is 4.31 Å². The molecule has 0 N–H and O–H groups in total. The number of ether oxygens (including phenoxy) is 1. The van der Waals surface area contributed by atoms with Gasteiger partial charge in [-0.25, -0.2) is 18.4 Å². The SMILES string of the molecule is CCS(=O)(=O)N1CCCC1c1nc(C)c2c(n1)N(Cc1ccccc1OC)C(=O)CC2. The van der Waals surface area contributed by atoms with Gasteiger partial charge in [0.2, 0.25) is 15.9 Å². The van der Waals surface area contributed by atoms with Crippen LogP contribution in [0.5, 0.6) is 5.75 Å². The second-order valence-electron chi connectivity index (χ2n) is 7.93. The van der Waals surface area contributed by atoms with Crippen molar-refractivity contribution >= 4 is 21.7 Å². The first-order valence-corrected chi connectivity index (χ1v) is 12.3. The number of aromatic nitrogens is 2. The quantitative estimate of drug-likeness (QED) is 0.680. The van der Waals surface area contributed by atoms with Crippen molar-refractivity contribution in [3.63, 3.8) is 0 Å². The van der Waals surface area contributed by atoms with Crippen LogP contribution in [-0.2, 0) is 27.8 Å². The third-order valence-electron chi connectivity index (χ3n) is 6.10. The topological polar surface area (TPSA) is 92.7 Å². The lowest BCUT2D eigenvalue weighted by Crippen LogP contribution is -2.37. The van der Waals surface area contributed by atoms with Crippen LogP contribution in [0.3, 0.4) is 0 Å². The minimum Gasteiger partial charge on any atom is -0.496 e. The van der Waals surface area contributed by atoms with Crippen LogP contribution in [-0.4, -0.2) is 48.0 Å². The lowest BCUT2D eigenvalue weighted by Gasteiger charge is -2.31. The summed E-state index contributed by atoms with van der Waals surface area (Å²) in [4.78, 5) is 24.0. The summed E-state index contributed by atoms with van der Waals surface area (Å²) in [5, 5.41) is 0. The highest BCUT2D eigenvalue weighted by molar-refractivity contribution is 7.89. The van der Waals surface area contributed by atoms with E-state index in [-0.39, 0.29) is 17.7 Å². The first kappa shape index (κ1) is 21.7. The van der Waals surface area contributed by atoms with Gasteiger partial charge in [-0.1, -0.05) is 18.2 Å². The lowest BCUT2D eigenvalue weighted by atomic mass is 10.0. The van der Waals surface area contributed by atoms with Gasteiger partial charge in [-0.3, -0.25) is 9.69 Å². The molecule has 0 aliphatic carbocycles. The summed E-state index contributed by atoms with van der Waals surface area (Å²) in [6.45, 7) is 4.38. The molecule has 1 saturated heterocycles. The fourth-order valence-corrected chi connectivity index (χ4v) is 5.74. The number of methoxy groups -OCH3 is 1. The van der Waals surface area contributed by atoms with Crippen molar-refractivity contribution < 1.29 is 17.9 Å². The molecule has 2 aromatic rings. The van der Waals surface area contributed by atoms with Crippen LogP contribution < -0.4 is 9.64 Å². The van der Waals surface area contributed by atoms with Crippen LogP contribution in [0.4, 0.5) is 5.82 Å². The van der Waals surface area contributed by atoms with Crippen molar-refractivity contribution in [1.82, 2.24) is 14.3 Å². The molecule has 1 aromatic carbocycles. The van der Waals surface area contributed by atoms with E-state index >= 15 is 0 Å². The predicted molar refractivity (Wildman–Crippen MR) is 117 cm³/mol. The van der Waals surface area contributed by atoms with Crippen LogP contribution in [0.25, 0.3) is 0 Å². The molecule has 1 unspecified atom stereocenters. The highest BCUT2D eigenvalue weighted by Gasteiger charge is 2.37. The molecule has 2 aliphatic rings. The highest BCUT2D eigenvalue weighted by Crippen LogP contribution is 2.36. The van der Waals surface area contributed by atoms with Gasteiger partial charge in [0, 0.05) is 29.8 Å². The van der Waals surface area contributed by atoms with E-state index in [1.54, 1.807) is 18.9 Å². The number of anilines is 1. The van der Waals surface area contributed by atoms with Crippen molar-refractivity contribution in [1.29, 1.82) is 0 Å². The largest absolute Gasteiger partial charge is 0.496 e. The normalized spacial score (nSPS) is 19.5. The van der Waals surface area contributed by atoms with Gasteiger partial charge in [0.05, 0.1) is 25.4 Å². The lowest BCUT2D eigenvalue weighted by molar-refractivity contribution is -0.119. The maximum Gasteiger partial charge on any atom is 0.228 e. The summed E-state index contributed by atoms with van der Waals surface area (Å²) in [5.41, 5.74) is 2.64. The Hall–Kier alpha value is -2.52. The van der Waals surface area contributed by atoms with Crippen LogP contribution in [0.2, 0.25) is 0 Å². The Kier molecular flexibility index (Phi) is 5.98. The number of fused-ring (bicyclic) bond motifs is 1.